The first-order chi connectivity index (χ1) is 22.0. The lowest BCUT2D eigenvalue weighted by atomic mass is 10.0. The molecule has 5 heteroatoms. The molecular formula is C40H81NO4. The number of hydrogen-bond donors (Lipinski definition) is 4. The molecule has 5 nitrogen and oxygen atoms in total. The van der Waals surface area contributed by atoms with Crippen LogP contribution in [-0.2, 0) is 4.79 Å². The molecule has 1 amide bonds. The highest BCUT2D eigenvalue weighted by molar-refractivity contribution is 5.76. The van der Waals surface area contributed by atoms with Gasteiger partial charge in [-0.3, -0.25) is 4.79 Å². The van der Waals surface area contributed by atoms with E-state index in [2.05, 4.69) is 19.2 Å². The van der Waals surface area contributed by atoms with Crippen LogP contribution in [0.4, 0.5) is 0 Å². The van der Waals surface area contributed by atoms with Gasteiger partial charge in [0.2, 0.25) is 5.91 Å². The van der Waals surface area contributed by atoms with E-state index in [1.165, 1.54) is 167 Å². The minimum absolute atomic E-state index is 0.0423. The van der Waals surface area contributed by atoms with Crippen molar-refractivity contribution in [3.05, 3.63) is 0 Å². The van der Waals surface area contributed by atoms with Crippen molar-refractivity contribution in [2.24, 2.45) is 0 Å². The van der Waals surface area contributed by atoms with Crippen molar-refractivity contribution in [1.29, 1.82) is 0 Å². The first-order valence-corrected chi connectivity index (χ1v) is 20.3. The van der Waals surface area contributed by atoms with Gasteiger partial charge in [0, 0.05) is 0 Å². The summed E-state index contributed by atoms with van der Waals surface area (Å²) < 4.78 is 0. The van der Waals surface area contributed by atoms with Gasteiger partial charge in [0.15, 0.2) is 0 Å². The van der Waals surface area contributed by atoms with Crippen molar-refractivity contribution in [3.63, 3.8) is 0 Å². The Morgan fingerprint density at radius 2 is 0.756 bits per heavy atom. The zero-order chi connectivity index (χ0) is 33.1. The molecule has 0 bridgehead atoms. The summed E-state index contributed by atoms with van der Waals surface area (Å²) in [7, 11) is 0. The monoisotopic (exact) mass is 640 g/mol. The van der Waals surface area contributed by atoms with Gasteiger partial charge in [0.05, 0.1) is 31.3 Å². The number of carbonyl (C=O) groups is 1. The van der Waals surface area contributed by atoms with Crippen molar-refractivity contribution >= 4 is 5.91 Å². The van der Waals surface area contributed by atoms with E-state index in [-0.39, 0.29) is 18.9 Å². The lowest BCUT2D eigenvalue weighted by molar-refractivity contribution is -0.125. The molecule has 270 valence electrons. The number of unbranched alkanes of at least 4 members (excludes halogenated alkanes) is 28. The van der Waals surface area contributed by atoms with Gasteiger partial charge in [-0.1, -0.05) is 206 Å². The summed E-state index contributed by atoms with van der Waals surface area (Å²) in [5.41, 5.74) is 0. The van der Waals surface area contributed by atoms with Gasteiger partial charge < -0.3 is 20.6 Å². The molecule has 0 spiro atoms. The molecule has 0 aromatic heterocycles. The first-order valence-electron chi connectivity index (χ1n) is 20.3. The largest absolute Gasteiger partial charge is 0.394 e. The van der Waals surface area contributed by atoms with Crippen LogP contribution in [0.3, 0.4) is 0 Å². The Bertz CT molecular complexity index is 587. The van der Waals surface area contributed by atoms with Crippen LogP contribution < -0.4 is 5.32 Å². The van der Waals surface area contributed by atoms with Gasteiger partial charge >= 0.3 is 0 Å². The van der Waals surface area contributed by atoms with Crippen molar-refractivity contribution < 1.29 is 20.1 Å². The number of carbonyl (C=O) groups excluding carboxylic acids is 1. The second kappa shape index (κ2) is 36.2. The minimum Gasteiger partial charge on any atom is -0.394 e. The highest BCUT2D eigenvalue weighted by Crippen LogP contribution is 2.16. The molecule has 4 N–H and O–H groups in total. The van der Waals surface area contributed by atoms with Gasteiger partial charge in [-0.05, 0) is 12.8 Å². The van der Waals surface area contributed by atoms with E-state index in [0.29, 0.717) is 12.8 Å². The highest BCUT2D eigenvalue weighted by atomic mass is 16.3. The molecule has 0 heterocycles. The summed E-state index contributed by atoms with van der Waals surface area (Å²) in [6.07, 6.45) is 39.1. The average Bonchev–Trinajstić information content (AvgIpc) is 3.03. The normalized spacial score (nSPS) is 13.6. The Balaban J connectivity index is 3.61. The predicted molar refractivity (Wildman–Crippen MR) is 195 cm³/mol. The van der Waals surface area contributed by atoms with Crippen molar-refractivity contribution in [2.45, 2.75) is 244 Å². The van der Waals surface area contributed by atoms with E-state index in [0.717, 1.165) is 25.7 Å². The minimum atomic E-state index is -0.742. The van der Waals surface area contributed by atoms with E-state index >= 15 is 0 Å². The molecule has 0 aromatic rings. The molecule has 3 atom stereocenters. The molecule has 0 aromatic carbocycles. The van der Waals surface area contributed by atoms with Gasteiger partial charge in [-0.15, -0.1) is 0 Å². The number of hydrogen-bond acceptors (Lipinski definition) is 4. The summed E-state index contributed by atoms with van der Waals surface area (Å²) in [6, 6.07) is -0.651. The third kappa shape index (κ3) is 33.1. The molecular weight excluding hydrogens is 558 g/mol. The van der Waals surface area contributed by atoms with Gasteiger partial charge in [-0.25, -0.2) is 0 Å². The molecule has 3 unspecified atom stereocenters. The maximum atomic E-state index is 12.4. The fourth-order valence-electron chi connectivity index (χ4n) is 6.52. The third-order valence-electron chi connectivity index (χ3n) is 9.67. The summed E-state index contributed by atoms with van der Waals surface area (Å²) in [5.74, 6) is -0.280. The molecule has 0 saturated heterocycles. The second-order valence-electron chi connectivity index (χ2n) is 14.3. The molecule has 0 aliphatic carbocycles. The van der Waals surface area contributed by atoms with Crippen LogP contribution in [0.5, 0.6) is 0 Å². The van der Waals surface area contributed by atoms with E-state index < -0.39 is 18.2 Å². The molecule has 0 fully saturated rings. The van der Waals surface area contributed by atoms with Crippen molar-refractivity contribution in [1.82, 2.24) is 5.32 Å². The third-order valence-corrected chi connectivity index (χ3v) is 9.67. The summed E-state index contributed by atoms with van der Waals surface area (Å²) in [4.78, 5) is 12.4. The smallest absolute Gasteiger partial charge is 0.222 e. The van der Waals surface area contributed by atoms with Crippen LogP contribution in [-0.4, -0.2) is 46.1 Å². The van der Waals surface area contributed by atoms with E-state index in [1.807, 2.05) is 0 Å². The maximum absolute atomic E-state index is 12.4. The van der Waals surface area contributed by atoms with Crippen molar-refractivity contribution in [2.75, 3.05) is 6.61 Å². The van der Waals surface area contributed by atoms with Crippen LogP contribution >= 0.6 is 0 Å². The van der Waals surface area contributed by atoms with Gasteiger partial charge in [-0.2, -0.15) is 0 Å². The Kier molecular flexibility index (Phi) is 35.7. The lowest BCUT2D eigenvalue weighted by Gasteiger charge is -2.23. The average molecular weight is 640 g/mol. The molecule has 45 heavy (non-hydrogen) atoms. The Morgan fingerprint density at radius 3 is 1.07 bits per heavy atom. The standard InChI is InChI=1S/C40H81NO4/c1-3-5-7-9-11-13-15-17-18-19-20-22-24-26-28-30-32-34-39(44)38(36-42)41-40(45)35-37(43)33-31-29-27-25-23-21-16-14-12-10-8-6-4-2/h37-39,42-44H,3-36H2,1-2H3,(H,41,45). The van der Waals surface area contributed by atoms with Crippen LogP contribution in [0.15, 0.2) is 0 Å². The Labute approximate surface area is 281 Å². The number of rotatable bonds is 37. The number of aliphatic hydroxyl groups is 3. The highest BCUT2D eigenvalue weighted by Gasteiger charge is 2.21. The topological polar surface area (TPSA) is 89.8 Å². The summed E-state index contributed by atoms with van der Waals surface area (Å²) >= 11 is 0. The van der Waals surface area contributed by atoms with Crippen LogP contribution in [0, 0.1) is 0 Å². The van der Waals surface area contributed by atoms with Crippen molar-refractivity contribution in [3.8, 4) is 0 Å². The predicted octanol–water partition coefficient (Wildman–Crippen LogP) is 11.1. The number of aliphatic hydroxyl groups excluding tert-OH is 3. The fraction of sp³-hybridized carbons (Fsp3) is 0.975. The summed E-state index contributed by atoms with van der Waals surface area (Å²) in [5, 5.41) is 33.3. The zero-order valence-corrected chi connectivity index (χ0v) is 30.5. The van der Waals surface area contributed by atoms with E-state index in [1.54, 1.807) is 0 Å². The van der Waals surface area contributed by atoms with Crippen LogP contribution in [0.25, 0.3) is 0 Å². The number of amides is 1. The van der Waals surface area contributed by atoms with Gasteiger partial charge in [0.1, 0.15) is 0 Å². The molecule has 0 radical (unpaired) electrons. The molecule has 0 aliphatic heterocycles. The van der Waals surface area contributed by atoms with Crippen LogP contribution in [0.2, 0.25) is 0 Å². The quantitative estimate of drug-likeness (QED) is 0.0509. The molecule has 0 rings (SSSR count). The van der Waals surface area contributed by atoms with E-state index in [9.17, 15) is 20.1 Å². The first kappa shape index (κ1) is 44.4. The van der Waals surface area contributed by atoms with E-state index in [4.69, 9.17) is 0 Å². The maximum Gasteiger partial charge on any atom is 0.222 e. The Morgan fingerprint density at radius 1 is 0.467 bits per heavy atom. The van der Waals surface area contributed by atoms with Gasteiger partial charge in [0.25, 0.3) is 0 Å². The lowest BCUT2D eigenvalue weighted by Crippen LogP contribution is -2.46. The molecule has 0 aliphatic rings. The Hall–Kier alpha value is -0.650. The fourth-order valence-corrected chi connectivity index (χ4v) is 6.52. The molecule has 0 saturated carbocycles. The second-order valence-corrected chi connectivity index (χ2v) is 14.3. The number of nitrogens with one attached hydrogen (secondary N) is 1. The SMILES string of the molecule is CCCCCCCCCCCCCCCCCCCC(O)C(CO)NC(=O)CC(O)CCCCCCCCCCCCCCC. The summed E-state index contributed by atoms with van der Waals surface area (Å²) in [6.45, 7) is 4.27. The zero-order valence-electron chi connectivity index (χ0n) is 30.5. The van der Waals surface area contributed by atoms with Crippen LogP contribution in [0.1, 0.15) is 226 Å².